The number of hydrogen-bond donors (Lipinski definition) is 3. The second-order valence-electron chi connectivity index (χ2n) is 10.7. The van der Waals surface area contributed by atoms with Crippen LogP contribution in [-0.4, -0.2) is 69.0 Å². The molecular formula is C32H36ClN5O4. The molecule has 5 rings (SSSR count). The maximum Gasteiger partial charge on any atom is 0.256 e. The number of fused-ring (bicyclic) bond motifs is 1. The average molecular weight is 590 g/mol. The van der Waals surface area contributed by atoms with E-state index >= 15 is 0 Å². The quantitative estimate of drug-likeness (QED) is 0.273. The van der Waals surface area contributed by atoms with E-state index in [0.717, 1.165) is 22.0 Å². The first-order chi connectivity index (χ1) is 19.7. The number of aryl methyl sites for hydroxylation is 1. The number of carbonyl (C=O) groups excluding carboxylic acids is 3. The first-order valence-electron chi connectivity index (χ1n) is 13.7. The fourth-order valence-corrected chi connectivity index (χ4v) is 5.51. The summed E-state index contributed by atoms with van der Waals surface area (Å²) in [6.45, 7) is 0.409. The zero-order valence-electron chi connectivity index (χ0n) is 23.6. The SMILES string of the molecule is CN(Cc1ccccc1)C(=O)[C@@H](Cc1ccc(N)cc1)NC(=O)C1C[C@@H](O)CN1C(=O)c1cn(C)c2ccccc12.Cl. The van der Waals surface area contributed by atoms with Gasteiger partial charge in [-0.15, -0.1) is 12.4 Å². The molecule has 9 nitrogen and oxygen atoms in total. The molecule has 0 spiro atoms. The number of aliphatic hydroxyl groups is 1. The number of likely N-dealkylation sites (N-methyl/N-ethyl adjacent to an activating group) is 1. The van der Waals surface area contributed by atoms with Crippen LogP contribution in [0.2, 0.25) is 0 Å². The van der Waals surface area contributed by atoms with Gasteiger partial charge in [0.1, 0.15) is 12.1 Å². The number of benzene rings is 3. The largest absolute Gasteiger partial charge is 0.399 e. The molecule has 3 atom stereocenters. The number of nitrogens with one attached hydrogen (secondary N) is 1. The van der Waals surface area contributed by atoms with E-state index in [2.05, 4.69) is 5.32 Å². The van der Waals surface area contributed by atoms with E-state index in [-0.39, 0.29) is 43.6 Å². The molecule has 4 N–H and O–H groups in total. The van der Waals surface area contributed by atoms with Gasteiger partial charge in [0.05, 0.1) is 11.7 Å². The van der Waals surface area contributed by atoms with E-state index < -0.39 is 24.1 Å². The van der Waals surface area contributed by atoms with Gasteiger partial charge in [0.2, 0.25) is 11.8 Å². The number of amides is 3. The fraction of sp³-hybridized carbons (Fsp3) is 0.281. The summed E-state index contributed by atoms with van der Waals surface area (Å²) < 4.78 is 1.87. The van der Waals surface area contributed by atoms with Crippen molar-refractivity contribution >= 4 is 46.7 Å². The second kappa shape index (κ2) is 13.1. The van der Waals surface area contributed by atoms with E-state index in [1.165, 1.54) is 4.90 Å². The van der Waals surface area contributed by atoms with E-state index in [1.54, 1.807) is 30.3 Å². The summed E-state index contributed by atoms with van der Waals surface area (Å²) in [5, 5.41) is 14.2. The van der Waals surface area contributed by atoms with Crippen molar-refractivity contribution in [3.63, 3.8) is 0 Å². The van der Waals surface area contributed by atoms with E-state index in [4.69, 9.17) is 5.73 Å². The molecule has 0 radical (unpaired) electrons. The number of halogens is 1. The number of β-amino-alcohol motifs (C(OH)–C–C–N with tert-alkyl or cyclic N) is 1. The van der Waals surface area contributed by atoms with Crippen LogP contribution in [0.25, 0.3) is 10.9 Å². The van der Waals surface area contributed by atoms with Crippen molar-refractivity contribution in [1.29, 1.82) is 0 Å². The number of para-hydroxylation sites is 1. The number of nitrogens with zero attached hydrogens (tertiary/aromatic N) is 3. The predicted molar refractivity (Wildman–Crippen MR) is 165 cm³/mol. The third-order valence-corrected chi connectivity index (χ3v) is 7.64. The summed E-state index contributed by atoms with van der Waals surface area (Å²) in [6, 6.07) is 22.5. The van der Waals surface area contributed by atoms with Crippen molar-refractivity contribution in [1.82, 2.24) is 19.7 Å². The van der Waals surface area contributed by atoms with Gasteiger partial charge in [0.25, 0.3) is 5.91 Å². The molecule has 10 heteroatoms. The second-order valence-corrected chi connectivity index (χ2v) is 10.7. The van der Waals surface area contributed by atoms with Crippen molar-refractivity contribution in [3.8, 4) is 0 Å². The predicted octanol–water partition coefficient (Wildman–Crippen LogP) is 3.14. The minimum atomic E-state index is -0.919. The topological polar surface area (TPSA) is 121 Å². The maximum atomic E-state index is 13.7. The number of nitrogens with two attached hydrogens (primary N) is 1. The van der Waals surface area contributed by atoms with Crippen LogP contribution < -0.4 is 11.1 Å². The van der Waals surface area contributed by atoms with E-state index in [0.29, 0.717) is 17.8 Å². The lowest BCUT2D eigenvalue weighted by molar-refractivity contribution is -0.136. The lowest BCUT2D eigenvalue weighted by Gasteiger charge is -2.28. The van der Waals surface area contributed by atoms with Gasteiger partial charge in [0, 0.05) is 62.8 Å². The highest BCUT2D eigenvalue weighted by atomic mass is 35.5. The van der Waals surface area contributed by atoms with Crippen LogP contribution in [0.5, 0.6) is 0 Å². The molecule has 3 aromatic carbocycles. The van der Waals surface area contributed by atoms with Crippen LogP contribution in [0.1, 0.15) is 27.9 Å². The monoisotopic (exact) mass is 589 g/mol. The van der Waals surface area contributed by atoms with Crippen molar-refractivity contribution in [2.75, 3.05) is 19.3 Å². The Hall–Kier alpha value is -4.34. The third kappa shape index (κ3) is 6.58. The first-order valence-corrected chi connectivity index (χ1v) is 13.7. The van der Waals surface area contributed by atoms with Gasteiger partial charge in [-0.1, -0.05) is 60.7 Å². The molecular weight excluding hydrogens is 554 g/mol. The highest BCUT2D eigenvalue weighted by Gasteiger charge is 2.41. The summed E-state index contributed by atoms with van der Waals surface area (Å²) in [7, 11) is 3.56. The molecule has 220 valence electrons. The normalized spacial score (nSPS) is 17.0. The molecule has 0 aliphatic carbocycles. The summed E-state index contributed by atoms with van der Waals surface area (Å²) in [5.74, 6) is -1.07. The number of aliphatic hydroxyl groups excluding tert-OH is 1. The highest BCUT2D eigenvalue weighted by Crippen LogP contribution is 2.26. The molecule has 2 heterocycles. The average Bonchev–Trinajstić information content (AvgIpc) is 3.53. The summed E-state index contributed by atoms with van der Waals surface area (Å²) in [5.41, 5.74) is 9.61. The zero-order chi connectivity index (χ0) is 29.1. The number of anilines is 1. The molecule has 1 fully saturated rings. The Morgan fingerprint density at radius 1 is 1.00 bits per heavy atom. The van der Waals surface area contributed by atoms with Crippen LogP contribution in [0.3, 0.4) is 0 Å². The van der Waals surface area contributed by atoms with Crippen molar-refractivity contribution in [3.05, 3.63) is 102 Å². The number of aromatic nitrogens is 1. The van der Waals surface area contributed by atoms with Gasteiger partial charge in [-0.2, -0.15) is 0 Å². The molecule has 1 aliphatic rings. The van der Waals surface area contributed by atoms with Crippen LogP contribution in [-0.2, 0) is 29.6 Å². The van der Waals surface area contributed by atoms with Gasteiger partial charge in [-0.05, 0) is 29.3 Å². The lowest BCUT2D eigenvalue weighted by atomic mass is 10.0. The first kappa shape index (κ1) is 30.6. The van der Waals surface area contributed by atoms with Crippen LogP contribution >= 0.6 is 12.4 Å². The smallest absolute Gasteiger partial charge is 0.256 e. The molecule has 0 bridgehead atoms. The van der Waals surface area contributed by atoms with Gasteiger partial charge in [0.15, 0.2) is 0 Å². The molecule has 4 aromatic rings. The zero-order valence-corrected chi connectivity index (χ0v) is 24.5. The molecule has 42 heavy (non-hydrogen) atoms. The number of hydrogen-bond acceptors (Lipinski definition) is 5. The number of carbonyl (C=O) groups is 3. The number of rotatable bonds is 8. The minimum Gasteiger partial charge on any atom is -0.399 e. The Bertz CT molecular complexity index is 1560. The number of likely N-dealkylation sites (tertiary alicyclic amines) is 1. The minimum absolute atomic E-state index is 0. The van der Waals surface area contributed by atoms with Crippen LogP contribution in [0.15, 0.2) is 85.1 Å². The van der Waals surface area contributed by atoms with Crippen LogP contribution in [0, 0.1) is 0 Å². The van der Waals surface area contributed by atoms with Gasteiger partial charge in [-0.3, -0.25) is 14.4 Å². The van der Waals surface area contributed by atoms with Crippen molar-refractivity contribution in [2.45, 2.75) is 37.6 Å². The summed E-state index contributed by atoms with van der Waals surface area (Å²) in [6.07, 6.45) is 1.23. The Morgan fingerprint density at radius 3 is 2.38 bits per heavy atom. The van der Waals surface area contributed by atoms with E-state index in [9.17, 15) is 19.5 Å². The molecule has 1 saturated heterocycles. The maximum absolute atomic E-state index is 13.7. The molecule has 3 amide bonds. The van der Waals surface area contributed by atoms with Crippen LogP contribution in [0.4, 0.5) is 5.69 Å². The molecule has 1 unspecified atom stereocenters. The Balaban J connectivity index is 0.00000405. The number of nitrogen functional groups attached to an aromatic ring is 1. The van der Waals surface area contributed by atoms with Crippen molar-refractivity contribution in [2.24, 2.45) is 7.05 Å². The standard InChI is InChI=1S/C32H35N5O4.ClH/c1-35-20-26(25-10-6-7-11-28(25)35)31(40)37-19-24(38)17-29(37)30(39)34-27(16-21-12-14-23(33)15-13-21)32(41)36(2)18-22-8-4-3-5-9-22;/h3-15,20,24,27,29,38H,16-19,33H2,1-2H3,(H,34,39);1H/t24-,27-,29?;/m1./s1. The molecule has 1 aromatic heterocycles. The summed E-state index contributed by atoms with van der Waals surface area (Å²) >= 11 is 0. The molecule has 0 saturated carbocycles. The fourth-order valence-electron chi connectivity index (χ4n) is 5.51. The van der Waals surface area contributed by atoms with E-state index in [1.807, 2.05) is 78.3 Å². The van der Waals surface area contributed by atoms with Gasteiger partial charge in [-0.25, -0.2) is 0 Å². The molecule has 1 aliphatic heterocycles. The van der Waals surface area contributed by atoms with Gasteiger partial charge < -0.3 is 30.5 Å². The third-order valence-electron chi connectivity index (χ3n) is 7.64. The van der Waals surface area contributed by atoms with Crippen molar-refractivity contribution < 1.29 is 19.5 Å². The Kier molecular flexibility index (Phi) is 9.55. The lowest BCUT2D eigenvalue weighted by Crippen LogP contribution is -2.54. The highest BCUT2D eigenvalue weighted by molar-refractivity contribution is 6.08. The Labute approximate surface area is 251 Å². The van der Waals surface area contributed by atoms with Gasteiger partial charge >= 0.3 is 0 Å². The Morgan fingerprint density at radius 2 is 1.67 bits per heavy atom. The summed E-state index contributed by atoms with van der Waals surface area (Å²) in [4.78, 5) is 44.1.